The minimum absolute atomic E-state index is 0.0306. The van der Waals surface area contributed by atoms with Crippen molar-refractivity contribution in [3.8, 4) is 0 Å². The molecule has 0 aliphatic carbocycles. The van der Waals surface area contributed by atoms with E-state index in [1.165, 1.54) is 12.1 Å². The smallest absolute Gasteiger partial charge is 0.269 e. The standard InChI is InChI=1S/C18H20FN5O4S2/c1-2-8-24-16(13-7-9-30(27,28)11-13)21-23-18(24)29-10-15(25)20-22-17(26)12-3-5-14(19)6-4-12/h2-6,13H,1,7-11H2,(H,20,25)(H,22,26). The van der Waals surface area contributed by atoms with Gasteiger partial charge in [0.2, 0.25) is 5.91 Å². The molecule has 0 saturated carbocycles. The third kappa shape index (κ3) is 5.45. The molecule has 160 valence electrons. The van der Waals surface area contributed by atoms with Crippen LogP contribution in [0.25, 0.3) is 0 Å². The SMILES string of the molecule is C=CCn1c(SCC(=O)NNC(=O)c2ccc(F)cc2)nnc1C1CCS(=O)(=O)C1. The molecule has 0 bridgehead atoms. The fourth-order valence-electron chi connectivity index (χ4n) is 2.97. The molecule has 2 heterocycles. The molecule has 12 heteroatoms. The summed E-state index contributed by atoms with van der Waals surface area (Å²) >= 11 is 1.10. The summed E-state index contributed by atoms with van der Waals surface area (Å²) in [6.45, 7) is 4.08. The number of nitrogens with one attached hydrogen (secondary N) is 2. The molecule has 1 unspecified atom stereocenters. The number of halogens is 1. The van der Waals surface area contributed by atoms with Gasteiger partial charge < -0.3 is 4.57 Å². The fraction of sp³-hybridized carbons (Fsp3) is 0.333. The number of benzene rings is 1. The average Bonchev–Trinajstić information content (AvgIpc) is 3.27. The van der Waals surface area contributed by atoms with Crippen LogP contribution in [0.1, 0.15) is 28.5 Å². The van der Waals surface area contributed by atoms with E-state index in [2.05, 4.69) is 27.6 Å². The second-order valence-electron chi connectivity index (χ2n) is 6.64. The van der Waals surface area contributed by atoms with E-state index in [1.54, 1.807) is 10.6 Å². The van der Waals surface area contributed by atoms with Crippen LogP contribution < -0.4 is 10.9 Å². The van der Waals surface area contributed by atoms with Gasteiger partial charge in [0.05, 0.1) is 17.3 Å². The highest BCUT2D eigenvalue weighted by molar-refractivity contribution is 7.99. The van der Waals surface area contributed by atoms with Crippen LogP contribution in [0.2, 0.25) is 0 Å². The third-order valence-electron chi connectivity index (χ3n) is 4.41. The lowest BCUT2D eigenvalue weighted by molar-refractivity contribution is -0.119. The predicted molar refractivity (Wildman–Crippen MR) is 109 cm³/mol. The monoisotopic (exact) mass is 453 g/mol. The quantitative estimate of drug-likeness (QED) is 0.365. The van der Waals surface area contributed by atoms with Gasteiger partial charge in [-0.3, -0.25) is 20.4 Å². The number of rotatable bonds is 7. The van der Waals surface area contributed by atoms with Gasteiger partial charge in [-0.1, -0.05) is 17.8 Å². The van der Waals surface area contributed by atoms with E-state index in [1.807, 2.05) is 0 Å². The highest BCUT2D eigenvalue weighted by atomic mass is 32.2. The summed E-state index contributed by atoms with van der Waals surface area (Å²) in [6.07, 6.45) is 2.13. The number of hydrogen-bond donors (Lipinski definition) is 2. The Kier molecular flexibility index (Phi) is 6.87. The molecule has 1 fully saturated rings. The number of allylic oxidation sites excluding steroid dienone is 1. The van der Waals surface area contributed by atoms with Crippen molar-refractivity contribution in [3.63, 3.8) is 0 Å². The van der Waals surface area contributed by atoms with Crippen LogP contribution in [0.4, 0.5) is 4.39 Å². The third-order valence-corrected chi connectivity index (χ3v) is 7.14. The molecule has 1 aromatic carbocycles. The number of sulfone groups is 1. The van der Waals surface area contributed by atoms with Crippen LogP contribution in [0.3, 0.4) is 0 Å². The Labute approximate surface area is 177 Å². The van der Waals surface area contributed by atoms with E-state index in [0.29, 0.717) is 23.9 Å². The highest BCUT2D eigenvalue weighted by Gasteiger charge is 2.33. The number of thioether (sulfide) groups is 1. The molecule has 1 aromatic heterocycles. The molecule has 2 aromatic rings. The minimum atomic E-state index is -3.07. The van der Waals surface area contributed by atoms with E-state index >= 15 is 0 Å². The van der Waals surface area contributed by atoms with Gasteiger partial charge in [0, 0.05) is 18.0 Å². The number of aromatic nitrogens is 3. The van der Waals surface area contributed by atoms with Gasteiger partial charge in [-0.15, -0.1) is 16.8 Å². The van der Waals surface area contributed by atoms with Crippen molar-refractivity contribution in [1.82, 2.24) is 25.6 Å². The summed E-state index contributed by atoms with van der Waals surface area (Å²) in [5.41, 5.74) is 4.73. The molecular formula is C18H20FN5O4S2. The summed E-state index contributed by atoms with van der Waals surface area (Å²) < 4.78 is 38.2. The fourth-order valence-corrected chi connectivity index (χ4v) is 5.47. The number of amides is 2. The van der Waals surface area contributed by atoms with E-state index in [0.717, 1.165) is 23.9 Å². The zero-order valence-electron chi connectivity index (χ0n) is 15.9. The van der Waals surface area contributed by atoms with Gasteiger partial charge in [0.1, 0.15) is 11.6 Å². The predicted octanol–water partition coefficient (Wildman–Crippen LogP) is 1.06. The maximum Gasteiger partial charge on any atom is 0.269 e. The Hall–Kier alpha value is -2.73. The molecule has 30 heavy (non-hydrogen) atoms. The Bertz CT molecular complexity index is 1050. The zero-order chi connectivity index (χ0) is 21.7. The first-order valence-electron chi connectivity index (χ1n) is 9.01. The van der Waals surface area contributed by atoms with E-state index in [-0.39, 0.29) is 28.7 Å². The van der Waals surface area contributed by atoms with Gasteiger partial charge >= 0.3 is 0 Å². The molecule has 1 atom stereocenters. The maximum atomic E-state index is 12.9. The van der Waals surface area contributed by atoms with Crippen molar-refractivity contribution in [2.75, 3.05) is 17.3 Å². The molecule has 2 N–H and O–H groups in total. The topological polar surface area (TPSA) is 123 Å². The Morgan fingerprint density at radius 2 is 2.00 bits per heavy atom. The Morgan fingerprint density at radius 1 is 1.27 bits per heavy atom. The van der Waals surface area contributed by atoms with Gasteiger partial charge in [-0.25, -0.2) is 12.8 Å². The number of carbonyl (C=O) groups excluding carboxylic acids is 2. The van der Waals surface area contributed by atoms with Crippen molar-refractivity contribution in [2.45, 2.75) is 24.0 Å². The number of hydrogen-bond acceptors (Lipinski definition) is 7. The first kappa shape index (κ1) is 22.0. The average molecular weight is 454 g/mol. The maximum absolute atomic E-state index is 12.9. The Morgan fingerprint density at radius 3 is 2.63 bits per heavy atom. The zero-order valence-corrected chi connectivity index (χ0v) is 17.5. The number of nitrogens with zero attached hydrogens (tertiary/aromatic N) is 3. The van der Waals surface area contributed by atoms with Gasteiger partial charge in [-0.05, 0) is 30.7 Å². The molecule has 0 radical (unpaired) electrons. The van der Waals surface area contributed by atoms with Crippen LogP contribution in [0, 0.1) is 5.82 Å². The van der Waals surface area contributed by atoms with Crippen molar-refractivity contribution >= 4 is 33.4 Å². The molecule has 9 nitrogen and oxygen atoms in total. The largest absolute Gasteiger partial charge is 0.302 e. The number of hydrazine groups is 1. The van der Waals surface area contributed by atoms with Crippen LogP contribution >= 0.6 is 11.8 Å². The number of carbonyl (C=O) groups is 2. The normalized spacial score (nSPS) is 17.4. The lowest BCUT2D eigenvalue weighted by Gasteiger charge is -2.11. The van der Waals surface area contributed by atoms with Crippen molar-refractivity contribution in [3.05, 3.63) is 54.1 Å². The summed E-state index contributed by atoms with van der Waals surface area (Å²) in [4.78, 5) is 24.0. The second kappa shape index (κ2) is 9.39. The molecule has 2 amide bonds. The first-order chi connectivity index (χ1) is 14.3. The molecule has 1 aliphatic rings. The molecule has 1 saturated heterocycles. The Balaban J connectivity index is 1.57. The van der Waals surface area contributed by atoms with Crippen LogP contribution in [-0.4, -0.2) is 52.3 Å². The van der Waals surface area contributed by atoms with Gasteiger partial charge in [0.15, 0.2) is 15.0 Å². The van der Waals surface area contributed by atoms with E-state index < -0.39 is 27.5 Å². The van der Waals surface area contributed by atoms with Crippen molar-refractivity contribution in [1.29, 1.82) is 0 Å². The van der Waals surface area contributed by atoms with Crippen LogP contribution in [0.15, 0.2) is 42.1 Å². The lowest BCUT2D eigenvalue weighted by Crippen LogP contribution is -2.42. The van der Waals surface area contributed by atoms with E-state index in [4.69, 9.17) is 0 Å². The summed E-state index contributed by atoms with van der Waals surface area (Å²) in [6, 6.07) is 4.89. The van der Waals surface area contributed by atoms with Crippen LogP contribution in [-0.2, 0) is 21.2 Å². The highest BCUT2D eigenvalue weighted by Crippen LogP contribution is 2.30. The molecule has 0 spiro atoms. The molecular weight excluding hydrogens is 433 g/mol. The molecule has 3 rings (SSSR count). The van der Waals surface area contributed by atoms with E-state index in [9.17, 15) is 22.4 Å². The minimum Gasteiger partial charge on any atom is -0.302 e. The van der Waals surface area contributed by atoms with Crippen molar-refractivity contribution < 1.29 is 22.4 Å². The first-order valence-corrected chi connectivity index (χ1v) is 11.8. The van der Waals surface area contributed by atoms with Crippen molar-refractivity contribution in [2.24, 2.45) is 0 Å². The summed E-state index contributed by atoms with van der Waals surface area (Å²) in [7, 11) is -3.07. The van der Waals surface area contributed by atoms with Crippen LogP contribution in [0.5, 0.6) is 0 Å². The lowest BCUT2D eigenvalue weighted by atomic mass is 10.1. The summed E-state index contributed by atoms with van der Waals surface area (Å²) in [5, 5.41) is 8.66. The second-order valence-corrected chi connectivity index (χ2v) is 9.81. The van der Waals surface area contributed by atoms with Gasteiger partial charge in [-0.2, -0.15) is 0 Å². The van der Waals surface area contributed by atoms with Gasteiger partial charge in [0.25, 0.3) is 5.91 Å². The summed E-state index contributed by atoms with van der Waals surface area (Å²) in [5.74, 6) is -1.10. The molecule has 1 aliphatic heterocycles.